The molecule has 0 radical (unpaired) electrons. The second-order valence-electron chi connectivity index (χ2n) is 7.57. The minimum absolute atomic E-state index is 0.0329. The minimum atomic E-state index is -0.621. The number of amides is 1. The molecule has 0 bridgehead atoms. The van der Waals surface area contributed by atoms with Gasteiger partial charge >= 0.3 is 0 Å². The van der Waals surface area contributed by atoms with Crippen molar-refractivity contribution in [2.45, 2.75) is 50.7 Å². The van der Waals surface area contributed by atoms with Gasteiger partial charge in [0.15, 0.2) is 0 Å². The fraction of sp³-hybridized carbons (Fsp3) is 0.700. The van der Waals surface area contributed by atoms with Crippen molar-refractivity contribution in [3.05, 3.63) is 17.8 Å². The molecule has 1 heterocycles. The van der Waals surface area contributed by atoms with E-state index in [1.54, 1.807) is 11.0 Å². The van der Waals surface area contributed by atoms with Crippen LogP contribution in [0.3, 0.4) is 0 Å². The summed E-state index contributed by atoms with van der Waals surface area (Å²) in [4.78, 5) is 18.5. The Morgan fingerprint density at radius 2 is 1.89 bits per heavy atom. The van der Waals surface area contributed by atoms with Crippen molar-refractivity contribution in [1.29, 1.82) is 0 Å². The van der Waals surface area contributed by atoms with Crippen LogP contribution in [-0.4, -0.2) is 61.2 Å². The third-order valence-electron chi connectivity index (χ3n) is 5.32. The number of aromatic nitrogens is 1. The zero-order valence-electron chi connectivity index (χ0n) is 16.1. The van der Waals surface area contributed by atoms with Gasteiger partial charge in [0.1, 0.15) is 24.7 Å². The number of nitrogens with zero attached hydrogens (tertiary/aromatic N) is 2. The fourth-order valence-corrected chi connectivity index (χ4v) is 3.47. The molecule has 1 aromatic heterocycles. The number of carbonyl (C=O) groups excluding carboxylic acids is 1. The number of alkyl halides is 2. The number of nitrogens with one attached hydrogen (secondary N) is 1. The molecule has 0 spiro atoms. The van der Waals surface area contributed by atoms with Crippen molar-refractivity contribution in [1.82, 2.24) is 10.3 Å². The Kier molecular flexibility index (Phi) is 7.42. The van der Waals surface area contributed by atoms with Gasteiger partial charge in [-0.1, -0.05) is 12.8 Å². The highest BCUT2D eigenvalue weighted by molar-refractivity contribution is 5.93. The van der Waals surface area contributed by atoms with Crippen LogP contribution in [0.1, 0.15) is 49.0 Å². The fourth-order valence-electron chi connectivity index (χ4n) is 3.47. The van der Waals surface area contributed by atoms with Crippen molar-refractivity contribution < 1.29 is 23.4 Å². The van der Waals surface area contributed by atoms with Gasteiger partial charge in [-0.15, -0.1) is 0 Å². The van der Waals surface area contributed by atoms with Crippen LogP contribution in [0.15, 0.2) is 12.1 Å². The predicted octanol–water partition coefficient (Wildman–Crippen LogP) is 2.65. The summed E-state index contributed by atoms with van der Waals surface area (Å²) in [5.74, 6) is 0.322. The molecule has 1 aromatic rings. The van der Waals surface area contributed by atoms with Gasteiger partial charge in [0.25, 0.3) is 5.91 Å². The second kappa shape index (κ2) is 10.0. The van der Waals surface area contributed by atoms with E-state index in [0.29, 0.717) is 24.6 Å². The van der Waals surface area contributed by atoms with Crippen LogP contribution in [0.5, 0.6) is 5.88 Å². The third kappa shape index (κ3) is 5.53. The highest BCUT2D eigenvalue weighted by atomic mass is 19.1. The molecule has 2 fully saturated rings. The van der Waals surface area contributed by atoms with Gasteiger partial charge in [-0.3, -0.25) is 4.79 Å². The maximum Gasteiger partial charge on any atom is 0.270 e. The lowest BCUT2D eigenvalue weighted by Gasteiger charge is -2.28. The lowest BCUT2D eigenvalue weighted by atomic mass is 9.92. The molecule has 8 heteroatoms. The van der Waals surface area contributed by atoms with Crippen LogP contribution in [0, 0.1) is 5.92 Å². The molecule has 28 heavy (non-hydrogen) atoms. The predicted molar refractivity (Wildman–Crippen MR) is 102 cm³/mol. The van der Waals surface area contributed by atoms with E-state index in [1.165, 1.54) is 6.07 Å². The molecular formula is C20H29F2N3O3. The number of hydrogen-bond acceptors (Lipinski definition) is 5. The van der Waals surface area contributed by atoms with Gasteiger partial charge in [-0.2, -0.15) is 0 Å². The van der Waals surface area contributed by atoms with Crippen molar-refractivity contribution in [3.63, 3.8) is 0 Å². The summed E-state index contributed by atoms with van der Waals surface area (Å²) in [7, 11) is 0. The number of hydrogen-bond donors (Lipinski definition) is 2. The van der Waals surface area contributed by atoms with E-state index in [1.807, 2.05) is 0 Å². The van der Waals surface area contributed by atoms with Gasteiger partial charge in [0.05, 0.1) is 18.8 Å². The monoisotopic (exact) mass is 397 g/mol. The molecule has 156 valence electrons. The van der Waals surface area contributed by atoms with E-state index in [0.717, 1.165) is 32.1 Å². The lowest BCUT2D eigenvalue weighted by molar-refractivity contribution is 0.0713. The first-order valence-corrected chi connectivity index (χ1v) is 10.1. The van der Waals surface area contributed by atoms with Crippen molar-refractivity contribution in [3.8, 4) is 5.88 Å². The minimum Gasteiger partial charge on any atom is -0.476 e. The van der Waals surface area contributed by atoms with Gasteiger partial charge in [-0.25, -0.2) is 13.8 Å². The van der Waals surface area contributed by atoms with E-state index >= 15 is 0 Å². The SMILES string of the molecule is O=C(NC1CCCCC1O)c1ccc(N(CCF)CCF)c(OCC2CC2)n1. The maximum atomic E-state index is 12.9. The summed E-state index contributed by atoms with van der Waals surface area (Å²) < 4.78 is 31.6. The van der Waals surface area contributed by atoms with E-state index < -0.39 is 19.5 Å². The largest absolute Gasteiger partial charge is 0.476 e. The molecule has 2 N–H and O–H groups in total. The number of carbonyl (C=O) groups is 1. The average molecular weight is 397 g/mol. The van der Waals surface area contributed by atoms with E-state index in [9.17, 15) is 18.7 Å². The molecule has 3 rings (SSSR count). The Balaban J connectivity index is 1.76. The molecule has 2 aliphatic carbocycles. The van der Waals surface area contributed by atoms with E-state index in [2.05, 4.69) is 10.3 Å². The smallest absolute Gasteiger partial charge is 0.270 e. The Hall–Kier alpha value is -1.96. The van der Waals surface area contributed by atoms with Crippen LogP contribution in [-0.2, 0) is 0 Å². The summed E-state index contributed by atoms with van der Waals surface area (Å²) in [5.41, 5.74) is 0.665. The third-order valence-corrected chi connectivity index (χ3v) is 5.32. The second-order valence-corrected chi connectivity index (χ2v) is 7.57. The first-order chi connectivity index (χ1) is 13.6. The molecule has 6 nitrogen and oxygen atoms in total. The Labute approximate surface area is 164 Å². The van der Waals surface area contributed by atoms with Gasteiger partial charge in [0.2, 0.25) is 5.88 Å². The molecule has 1 amide bonds. The van der Waals surface area contributed by atoms with E-state index in [4.69, 9.17) is 4.74 Å². The molecule has 2 saturated carbocycles. The quantitative estimate of drug-likeness (QED) is 0.635. The normalized spacial score (nSPS) is 22.0. The summed E-state index contributed by atoms with van der Waals surface area (Å²) in [6.45, 7) is -0.699. The van der Waals surface area contributed by atoms with Crippen molar-refractivity contribution in [2.24, 2.45) is 5.92 Å². The lowest BCUT2D eigenvalue weighted by Crippen LogP contribution is -2.45. The zero-order valence-corrected chi connectivity index (χ0v) is 16.1. The van der Waals surface area contributed by atoms with Gasteiger partial charge < -0.3 is 20.1 Å². The highest BCUT2D eigenvalue weighted by Crippen LogP contribution is 2.32. The highest BCUT2D eigenvalue weighted by Gasteiger charge is 2.27. The molecule has 2 aliphatic rings. The number of aliphatic hydroxyl groups excluding tert-OH is 1. The van der Waals surface area contributed by atoms with Crippen LogP contribution in [0.2, 0.25) is 0 Å². The molecule has 0 aliphatic heterocycles. The van der Waals surface area contributed by atoms with Crippen LogP contribution >= 0.6 is 0 Å². The summed E-state index contributed by atoms with van der Waals surface area (Å²) in [5, 5.41) is 12.9. The first kappa shape index (κ1) is 20.8. The number of rotatable bonds is 10. The Morgan fingerprint density at radius 1 is 1.18 bits per heavy atom. The standard InChI is InChI=1S/C20H29F2N3O3/c21-9-11-25(12-10-22)17-8-7-16(24-20(17)28-13-14-5-6-14)19(27)23-15-3-1-2-4-18(15)26/h7-8,14-15,18,26H,1-6,9-13H2,(H,23,27). The number of aliphatic hydroxyl groups is 1. The van der Waals surface area contributed by atoms with Crippen LogP contribution in [0.25, 0.3) is 0 Å². The zero-order chi connectivity index (χ0) is 19.9. The van der Waals surface area contributed by atoms with Crippen molar-refractivity contribution in [2.75, 3.05) is 37.9 Å². The molecule has 0 saturated heterocycles. The van der Waals surface area contributed by atoms with Crippen molar-refractivity contribution >= 4 is 11.6 Å². The topological polar surface area (TPSA) is 74.7 Å². The Morgan fingerprint density at radius 3 is 2.54 bits per heavy atom. The number of ether oxygens (including phenoxy) is 1. The number of anilines is 1. The average Bonchev–Trinajstić information content (AvgIpc) is 3.52. The molecular weight excluding hydrogens is 368 g/mol. The summed E-state index contributed by atoms with van der Waals surface area (Å²) in [6.07, 6.45) is 4.96. The maximum absolute atomic E-state index is 12.9. The summed E-state index contributed by atoms with van der Waals surface area (Å²) >= 11 is 0. The first-order valence-electron chi connectivity index (χ1n) is 10.1. The molecule has 2 atom stereocenters. The molecule has 0 aromatic carbocycles. The van der Waals surface area contributed by atoms with Gasteiger partial charge in [0, 0.05) is 13.1 Å². The van der Waals surface area contributed by atoms with E-state index in [-0.39, 0.29) is 36.6 Å². The summed E-state index contributed by atoms with van der Waals surface area (Å²) in [6, 6.07) is 2.88. The Bertz CT molecular complexity index is 652. The van der Waals surface area contributed by atoms with Crippen LogP contribution < -0.4 is 15.0 Å². The van der Waals surface area contributed by atoms with Crippen LogP contribution in [0.4, 0.5) is 14.5 Å². The number of pyridine rings is 1. The number of halogens is 2. The van der Waals surface area contributed by atoms with Gasteiger partial charge in [-0.05, 0) is 43.7 Å². The molecule has 2 unspecified atom stereocenters.